The molecule has 0 bridgehead atoms. The Balaban J connectivity index is 1.76. The first kappa shape index (κ1) is 14.2. The van der Waals surface area contributed by atoms with Gasteiger partial charge in [0.05, 0.1) is 0 Å². The Hall–Kier alpha value is -1.26. The minimum absolute atomic E-state index is 0.0873. The Morgan fingerprint density at radius 1 is 1.37 bits per heavy atom. The average Bonchev–Trinajstić information content (AvgIpc) is 2.44. The molecular weight excluding hydrogens is 240 g/mol. The molecule has 19 heavy (non-hydrogen) atoms. The number of nitrogens with one attached hydrogen (secondary N) is 1. The van der Waals surface area contributed by atoms with E-state index in [1.165, 1.54) is 0 Å². The first-order valence-corrected chi connectivity index (χ1v) is 6.99. The van der Waals surface area contributed by atoms with Crippen molar-refractivity contribution in [3.63, 3.8) is 0 Å². The van der Waals surface area contributed by atoms with E-state index in [2.05, 4.69) is 31.1 Å². The number of hydrogen-bond donors (Lipinski definition) is 1. The van der Waals surface area contributed by atoms with Gasteiger partial charge in [-0.05, 0) is 32.6 Å². The largest absolute Gasteiger partial charge is 0.486 e. The maximum Gasteiger partial charge on any atom is 0.161 e. The number of ether oxygens (including phenoxy) is 2. The van der Waals surface area contributed by atoms with Crippen molar-refractivity contribution in [2.24, 2.45) is 0 Å². The molecule has 0 amide bonds. The second-order valence-corrected chi connectivity index (χ2v) is 5.16. The van der Waals surface area contributed by atoms with Crippen LogP contribution in [-0.4, -0.2) is 50.3 Å². The van der Waals surface area contributed by atoms with Gasteiger partial charge >= 0.3 is 0 Å². The molecule has 1 aromatic carbocycles. The van der Waals surface area contributed by atoms with E-state index in [0.29, 0.717) is 12.6 Å². The Kier molecular flexibility index (Phi) is 5.05. The summed E-state index contributed by atoms with van der Waals surface area (Å²) in [6.45, 7) is 7.90. The monoisotopic (exact) mass is 264 g/mol. The average molecular weight is 264 g/mol. The number of para-hydroxylation sites is 2. The third kappa shape index (κ3) is 4.11. The minimum atomic E-state index is 0.0873. The summed E-state index contributed by atoms with van der Waals surface area (Å²) in [5.74, 6) is 1.69. The first-order valence-electron chi connectivity index (χ1n) is 6.99. The van der Waals surface area contributed by atoms with E-state index in [0.717, 1.165) is 31.1 Å². The molecule has 1 aliphatic heterocycles. The summed E-state index contributed by atoms with van der Waals surface area (Å²) in [6, 6.07) is 8.28. The van der Waals surface area contributed by atoms with E-state index in [9.17, 15) is 0 Å². The van der Waals surface area contributed by atoms with E-state index < -0.39 is 0 Å². The number of benzene rings is 1. The van der Waals surface area contributed by atoms with Gasteiger partial charge in [-0.15, -0.1) is 0 Å². The molecule has 0 spiro atoms. The number of hydrogen-bond acceptors (Lipinski definition) is 4. The Morgan fingerprint density at radius 2 is 2.11 bits per heavy atom. The lowest BCUT2D eigenvalue weighted by Gasteiger charge is -2.28. The van der Waals surface area contributed by atoms with Crippen LogP contribution in [0.3, 0.4) is 0 Å². The Morgan fingerprint density at radius 3 is 2.84 bits per heavy atom. The Labute approximate surface area is 115 Å². The van der Waals surface area contributed by atoms with Crippen LogP contribution in [0, 0.1) is 0 Å². The van der Waals surface area contributed by atoms with Gasteiger partial charge in [0.15, 0.2) is 11.5 Å². The molecule has 0 saturated heterocycles. The third-order valence-corrected chi connectivity index (χ3v) is 3.39. The van der Waals surface area contributed by atoms with E-state index in [1.807, 2.05) is 24.3 Å². The predicted octanol–water partition coefficient (Wildman–Crippen LogP) is 1.76. The van der Waals surface area contributed by atoms with Gasteiger partial charge in [0.25, 0.3) is 0 Å². The van der Waals surface area contributed by atoms with Crippen molar-refractivity contribution >= 4 is 0 Å². The maximum atomic E-state index is 5.91. The molecule has 1 aromatic rings. The van der Waals surface area contributed by atoms with Crippen molar-refractivity contribution in [2.45, 2.75) is 26.0 Å². The zero-order chi connectivity index (χ0) is 13.7. The summed E-state index contributed by atoms with van der Waals surface area (Å²) in [6.07, 6.45) is 0.0873. The van der Waals surface area contributed by atoms with E-state index in [4.69, 9.17) is 9.47 Å². The van der Waals surface area contributed by atoms with Crippen LogP contribution in [0.4, 0.5) is 0 Å². The SMILES string of the molecule is CCN(C)CC(C)NCC1COc2ccccc2O1. The van der Waals surface area contributed by atoms with Gasteiger partial charge in [-0.3, -0.25) is 0 Å². The van der Waals surface area contributed by atoms with Crippen molar-refractivity contribution in [1.82, 2.24) is 10.2 Å². The molecule has 0 fully saturated rings. The van der Waals surface area contributed by atoms with Gasteiger partial charge in [-0.2, -0.15) is 0 Å². The van der Waals surface area contributed by atoms with Crippen LogP contribution >= 0.6 is 0 Å². The molecule has 4 heteroatoms. The molecule has 0 aromatic heterocycles. The van der Waals surface area contributed by atoms with Crippen LogP contribution in [-0.2, 0) is 0 Å². The highest BCUT2D eigenvalue weighted by molar-refractivity contribution is 5.40. The first-order chi connectivity index (χ1) is 9.19. The molecule has 0 saturated carbocycles. The van der Waals surface area contributed by atoms with Gasteiger partial charge < -0.3 is 19.7 Å². The predicted molar refractivity (Wildman–Crippen MR) is 77.0 cm³/mol. The summed E-state index contributed by atoms with van der Waals surface area (Å²) < 4.78 is 11.6. The highest BCUT2D eigenvalue weighted by Crippen LogP contribution is 2.30. The lowest BCUT2D eigenvalue weighted by Crippen LogP contribution is -2.44. The molecule has 0 radical (unpaired) electrons. The third-order valence-electron chi connectivity index (χ3n) is 3.39. The van der Waals surface area contributed by atoms with Gasteiger partial charge in [0.1, 0.15) is 12.7 Å². The minimum Gasteiger partial charge on any atom is -0.486 e. The maximum absolute atomic E-state index is 5.91. The van der Waals surface area contributed by atoms with Gasteiger partial charge in [-0.1, -0.05) is 19.1 Å². The fourth-order valence-electron chi connectivity index (χ4n) is 2.16. The van der Waals surface area contributed by atoms with Gasteiger partial charge in [-0.25, -0.2) is 0 Å². The molecule has 1 heterocycles. The number of rotatable bonds is 6. The molecule has 1 aliphatic rings. The van der Waals surface area contributed by atoms with Crippen LogP contribution in [0.2, 0.25) is 0 Å². The highest BCUT2D eigenvalue weighted by Gasteiger charge is 2.20. The summed E-state index contributed by atoms with van der Waals surface area (Å²) in [4.78, 5) is 2.30. The second-order valence-electron chi connectivity index (χ2n) is 5.16. The van der Waals surface area contributed by atoms with E-state index in [1.54, 1.807) is 0 Å². The second kappa shape index (κ2) is 6.78. The van der Waals surface area contributed by atoms with Crippen molar-refractivity contribution in [2.75, 3.05) is 33.3 Å². The molecule has 2 rings (SSSR count). The summed E-state index contributed by atoms with van der Waals surface area (Å²) >= 11 is 0. The van der Waals surface area contributed by atoms with Crippen LogP contribution in [0.15, 0.2) is 24.3 Å². The standard InChI is InChI=1S/C15H24N2O2/c1-4-17(3)10-12(2)16-9-13-11-18-14-7-5-6-8-15(14)19-13/h5-8,12-13,16H,4,9-11H2,1-3H3. The number of nitrogens with zero attached hydrogens (tertiary/aromatic N) is 1. The van der Waals surface area contributed by atoms with Gasteiger partial charge in [0.2, 0.25) is 0 Å². The smallest absolute Gasteiger partial charge is 0.161 e. The zero-order valence-electron chi connectivity index (χ0n) is 12.1. The van der Waals surface area contributed by atoms with Crippen LogP contribution in [0.5, 0.6) is 11.5 Å². The van der Waals surface area contributed by atoms with E-state index >= 15 is 0 Å². The number of likely N-dealkylation sites (N-methyl/N-ethyl adjacent to an activating group) is 1. The van der Waals surface area contributed by atoms with E-state index in [-0.39, 0.29) is 6.10 Å². The molecular formula is C15H24N2O2. The van der Waals surface area contributed by atoms with Crippen LogP contribution < -0.4 is 14.8 Å². The van der Waals surface area contributed by atoms with Crippen molar-refractivity contribution in [3.05, 3.63) is 24.3 Å². The lowest BCUT2D eigenvalue weighted by atomic mass is 10.2. The lowest BCUT2D eigenvalue weighted by molar-refractivity contribution is 0.0875. The van der Waals surface area contributed by atoms with Gasteiger partial charge in [0, 0.05) is 19.1 Å². The molecule has 1 N–H and O–H groups in total. The number of fused-ring (bicyclic) bond motifs is 1. The van der Waals surface area contributed by atoms with Crippen molar-refractivity contribution < 1.29 is 9.47 Å². The highest BCUT2D eigenvalue weighted by atomic mass is 16.6. The summed E-state index contributed by atoms with van der Waals surface area (Å²) in [5.41, 5.74) is 0. The Bertz CT molecular complexity index is 397. The fraction of sp³-hybridized carbons (Fsp3) is 0.600. The summed E-state index contributed by atoms with van der Waals surface area (Å²) in [7, 11) is 2.13. The van der Waals surface area contributed by atoms with Crippen LogP contribution in [0.25, 0.3) is 0 Å². The molecule has 2 atom stereocenters. The fourth-order valence-corrected chi connectivity index (χ4v) is 2.16. The topological polar surface area (TPSA) is 33.7 Å². The van der Waals surface area contributed by atoms with Crippen LogP contribution in [0.1, 0.15) is 13.8 Å². The normalized spacial score (nSPS) is 19.5. The molecule has 2 unspecified atom stereocenters. The molecule has 4 nitrogen and oxygen atoms in total. The van der Waals surface area contributed by atoms with Crippen molar-refractivity contribution in [1.29, 1.82) is 0 Å². The zero-order valence-corrected chi connectivity index (χ0v) is 12.1. The molecule has 0 aliphatic carbocycles. The van der Waals surface area contributed by atoms with Crippen molar-refractivity contribution in [3.8, 4) is 11.5 Å². The quantitative estimate of drug-likeness (QED) is 0.849. The molecule has 106 valence electrons. The summed E-state index contributed by atoms with van der Waals surface area (Å²) in [5, 5.41) is 3.50.